The van der Waals surface area contributed by atoms with Gasteiger partial charge in [-0.1, -0.05) is 121 Å². The van der Waals surface area contributed by atoms with Gasteiger partial charge in [-0.3, -0.25) is 4.57 Å². The van der Waals surface area contributed by atoms with E-state index in [1.54, 1.807) is 4.40 Å². The van der Waals surface area contributed by atoms with Crippen LogP contribution in [-0.2, 0) is 0 Å². The molecule has 12 rings (SSSR count). The van der Waals surface area contributed by atoms with Crippen molar-refractivity contribution in [1.82, 2.24) is 28.5 Å². The lowest BCUT2D eigenvalue weighted by Gasteiger charge is -2.14. The molecule has 8 aromatic carbocycles. The lowest BCUT2D eigenvalue weighted by atomic mass is 9.99. The second-order valence-electron chi connectivity index (χ2n) is 14.5. The molecule has 0 bridgehead atoms. The molecule has 0 unspecified atom stereocenters. The minimum absolute atomic E-state index is 0.379. The fraction of sp³-hybridized carbons (Fsp3) is 0. The first-order valence-corrected chi connectivity index (χ1v) is 19.0. The summed E-state index contributed by atoms with van der Waals surface area (Å²) in [5.74, 6) is 0.816. The lowest BCUT2D eigenvalue weighted by molar-refractivity contribution is 0.872. The van der Waals surface area contributed by atoms with Crippen LogP contribution in [0.1, 0.15) is 0 Å². The zero-order valence-electron chi connectivity index (χ0n) is 30.4. The number of para-hydroxylation sites is 3. The number of fused-ring (bicyclic) bond motifs is 11. The lowest BCUT2D eigenvalue weighted by Crippen LogP contribution is -2.24. The van der Waals surface area contributed by atoms with Crippen LogP contribution in [0.2, 0.25) is 0 Å². The van der Waals surface area contributed by atoms with Crippen molar-refractivity contribution in [1.29, 1.82) is 0 Å². The van der Waals surface area contributed by atoms with Crippen molar-refractivity contribution in [3.63, 3.8) is 0 Å². The van der Waals surface area contributed by atoms with Crippen molar-refractivity contribution in [2.45, 2.75) is 0 Å². The van der Waals surface area contributed by atoms with Crippen LogP contribution in [0.25, 0.3) is 105 Å². The summed E-state index contributed by atoms with van der Waals surface area (Å²) in [7, 11) is 0. The maximum absolute atomic E-state index is 14.3. The highest BCUT2D eigenvalue weighted by Gasteiger charge is 2.22. The molecule has 0 aliphatic carbocycles. The normalized spacial score (nSPS) is 11.9. The van der Waals surface area contributed by atoms with Crippen molar-refractivity contribution in [2.24, 2.45) is 0 Å². The number of hydrogen-bond donors (Lipinski definition) is 0. The molecule has 0 atom stereocenters. The van der Waals surface area contributed by atoms with Gasteiger partial charge >= 0.3 is 5.69 Å². The first kappa shape index (κ1) is 31.5. The van der Waals surface area contributed by atoms with Crippen LogP contribution in [0, 0.1) is 0 Å². The van der Waals surface area contributed by atoms with Gasteiger partial charge in [0.1, 0.15) is 0 Å². The van der Waals surface area contributed by atoms with E-state index in [-0.39, 0.29) is 0 Å². The number of aromatic nitrogens is 6. The Morgan fingerprint density at radius 1 is 0.404 bits per heavy atom. The number of nitrogens with zero attached hydrogens (tertiary/aromatic N) is 6. The molecule has 0 amide bonds. The maximum Gasteiger partial charge on any atom is 0.358 e. The smallest absolute Gasteiger partial charge is 0.309 e. The Balaban J connectivity index is 1.14. The van der Waals surface area contributed by atoms with Gasteiger partial charge in [0.15, 0.2) is 11.5 Å². The minimum atomic E-state index is -0.442. The van der Waals surface area contributed by atoms with Crippen molar-refractivity contribution in [3.05, 3.63) is 192 Å². The third kappa shape index (κ3) is 4.66. The first-order chi connectivity index (χ1) is 28.2. The van der Waals surface area contributed by atoms with Gasteiger partial charge in [-0.05, 0) is 82.6 Å². The summed E-state index contributed by atoms with van der Waals surface area (Å²) in [5.41, 5.74) is 9.11. The Bertz CT molecular complexity index is 3660. The average molecular weight is 731 g/mol. The van der Waals surface area contributed by atoms with Gasteiger partial charge in [0, 0.05) is 38.2 Å². The van der Waals surface area contributed by atoms with Crippen LogP contribution in [0.5, 0.6) is 0 Å². The second kappa shape index (κ2) is 12.1. The van der Waals surface area contributed by atoms with E-state index >= 15 is 0 Å². The molecule has 7 heteroatoms. The van der Waals surface area contributed by atoms with Gasteiger partial charge in [0.2, 0.25) is 5.95 Å². The van der Waals surface area contributed by atoms with Crippen LogP contribution in [0.4, 0.5) is 0 Å². The largest absolute Gasteiger partial charge is 0.358 e. The molecule has 0 aliphatic rings. The summed E-state index contributed by atoms with van der Waals surface area (Å²) in [5, 5.41) is 7.58. The van der Waals surface area contributed by atoms with Gasteiger partial charge in [-0.25, -0.2) is 19.2 Å². The topological polar surface area (TPSA) is 70.0 Å². The van der Waals surface area contributed by atoms with Gasteiger partial charge in [0.25, 0.3) is 0 Å². The predicted octanol–water partition coefficient (Wildman–Crippen LogP) is 11.3. The van der Waals surface area contributed by atoms with Crippen LogP contribution in [-0.4, -0.2) is 28.5 Å². The van der Waals surface area contributed by atoms with E-state index in [2.05, 4.69) is 142 Å². The van der Waals surface area contributed by atoms with E-state index in [4.69, 9.17) is 9.97 Å². The van der Waals surface area contributed by atoms with E-state index in [0.717, 1.165) is 71.4 Å². The van der Waals surface area contributed by atoms with Crippen LogP contribution < -0.4 is 5.69 Å². The van der Waals surface area contributed by atoms with Crippen LogP contribution in [0.3, 0.4) is 0 Å². The van der Waals surface area contributed by atoms with Crippen molar-refractivity contribution in [2.75, 3.05) is 0 Å². The highest BCUT2D eigenvalue weighted by molar-refractivity contribution is 6.22. The Labute approximate surface area is 325 Å². The summed E-state index contributed by atoms with van der Waals surface area (Å²) in [6.45, 7) is 0. The summed E-state index contributed by atoms with van der Waals surface area (Å²) in [6, 6.07) is 62.8. The first-order valence-electron chi connectivity index (χ1n) is 19.0. The molecular formula is C50H30N6O. The van der Waals surface area contributed by atoms with Crippen LogP contribution in [0.15, 0.2) is 187 Å². The molecule has 4 heterocycles. The molecule has 0 saturated heterocycles. The van der Waals surface area contributed by atoms with Gasteiger partial charge in [0.05, 0.1) is 27.6 Å². The maximum atomic E-state index is 14.3. The standard InChI is InChI=1S/C50H30N6O/c57-50-53-47(32-14-3-1-4-15-32)52-48-38-20-9-11-21-41(38)51-49(56(48)50)55-44-27-25-34(30-40(44)46-36-18-8-7-13-31(36)23-28-45(46)55)33-24-26-43-39(29-33)37-19-10-12-22-42(37)54(43)35-16-5-2-6-17-35/h1-30H. The molecular weight excluding hydrogens is 701 g/mol. The fourth-order valence-electron chi connectivity index (χ4n) is 8.74. The summed E-state index contributed by atoms with van der Waals surface area (Å²) in [4.78, 5) is 29.1. The molecule has 12 aromatic rings. The summed E-state index contributed by atoms with van der Waals surface area (Å²) >= 11 is 0. The van der Waals surface area contributed by atoms with Crippen molar-refractivity contribution < 1.29 is 0 Å². The van der Waals surface area contributed by atoms with E-state index in [9.17, 15) is 4.79 Å². The van der Waals surface area contributed by atoms with E-state index < -0.39 is 5.69 Å². The Hall–Kier alpha value is -7.90. The van der Waals surface area contributed by atoms with Gasteiger partial charge in [-0.2, -0.15) is 4.98 Å². The van der Waals surface area contributed by atoms with Crippen molar-refractivity contribution >= 4 is 70.9 Å². The van der Waals surface area contributed by atoms with E-state index in [0.29, 0.717) is 17.4 Å². The van der Waals surface area contributed by atoms with E-state index in [1.165, 1.54) is 16.3 Å². The monoisotopic (exact) mass is 730 g/mol. The molecule has 0 spiro atoms. The highest BCUT2D eigenvalue weighted by Crippen LogP contribution is 2.40. The molecule has 4 aromatic heterocycles. The molecule has 57 heavy (non-hydrogen) atoms. The third-order valence-corrected chi connectivity index (χ3v) is 11.3. The highest BCUT2D eigenvalue weighted by atomic mass is 16.1. The minimum Gasteiger partial charge on any atom is -0.309 e. The van der Waals surface area contributed by atoms with E-state index in [1.807, 2.05) is 54.6 Å². The number of benzene rings is 8. The Morgan fingerprint density at radius 2 is 1.02 bits per heavy atom. The molecule has 7 nitrogen and oxygen atoms in total. The summed E-state index contributed by atoms with van der Waals surface area (Å²) in [6.07, 6.45) is 0. The zero-order valence-corrected chi connectivity index (χ0v) is 30.4. The van der Waals surface area contributed by atoms with Gasteiger partial charge in [-0.15, -0.1) is 0 Å². The molecule has 266 valence electrons. The summed E-state index contributed by atoms with van der Waals surface area (Å²) < 4.78 is 6.00. The molecule has 0 saturated carbocycles. The molecule has 0 N–H and O–H groups in total. The number of rotatable bonds is 4. The Morgan fingerprint density at radius 3 is 1.82 bits per heavy atom. The molecule has 0 aliphatic heterocycles. The van der Waals surface area contributed by atoms with Crippen molar-refractivity contribution in [3.8, 4) is 34.2 Å². The third-order valence-electron chi connectivity index (χ3n) is 11.3. The molecule has 0 fully saturated rings. The van der Waals surface area contributed by atoms with Gasteiger partial charge < -0.3 is 4.57 Å². The number of hydrogen-bond acceptors (Lipinski definition) is 4. The second-order valence-corrected chi connectivity index (χ2v) is 14.5. The predicted molar refractivity (Wildman–Crippen MR) is 232 cm³/mol. The zero-order chi connectivity index (χ0) is 37.6. The SMILES string of the molecule is O=c1nc(-c2ccccc2)nc2c3ccccc3nc(-n3c4ccc(-c5ccc6c(c5)c5ccccc5n6-c5ccccc5)cc4c4c5ccccc5ccc43)n12. The fourth-order valence-corrected chi connectivity index (χ4v) is 8.74. The molecule has 0 radical (unpaired) electrons. The van der Waals surface area contributed by atoms with Crippen LogP contribution >= 0.6 is 0 Å². The Kier molecular flexibility index (Phi) is 6.65. The average Bonchev–Trinajstić information content (AvgIpc) is 3.79. The quantitative estimate of drug-likeness (QED) is 0.169.